The van der Waals surface area contributed by atoms with Gasteiger partial charge in [-0.05, 0) is 24.3 Å². The number of piperazine rings is 1. The molecule has 0 radical (unpaired) electrons. The zero-order chi connectivity index (χ0) is 21.4. The van der Waals surface area contributed by atoms with E-state index in [1.165, 1.54) is 12.1 Å². The van der Waals surface area contributed by atoms with Gasteiger partial charge in [-0.15, -0.1) is 0 Å². The maximum Gasteiger partial charge on any atom is 0.417 e. The fraction of sp³-hybridized carbons (Fsp3) is 0.312. The molecule has 0 saturated carbocycles. The Labute approximate surface area is 168 Å². The van der Waals surface area contributed by atoms with E-state index in [4.69, 9.17) is 11.6 Å². The maximum atomic E-state index is 13.0. The third-order valence-corrected chi connectivity index (χ3v) is 6.61. The Kier molecular flexibility index (Phi) is 5.70. The molecular weight excluding hydrogens is 437 g/mol. The standard InChI is InChI=1S/C16H14ClF3N4O4S/c17-14-3-2-12(9-13(14)16(18,19)20)29(27,28)23-7-5-22(6-8-23)15-4-1-11(10-21-15)24(25)26/h1-4,9-10H,5-8H2. The topological polar surface area (TPSA) is 96.6 Å². The summed E-state index contributed by atoms with van der Waals surface area (Å²) in [6, 6.07) is 5.22. The first kappa shape index (κ1) is 21.3. The Morgan fingerprint density at radius 2 is 1.76 bits per heavy atom. The molecule has 1 aromatic heterocycles. The van der Waals surface area contributed by atoms with Crippen LogP contribution in [0.1, 0.15) is 5.56 Å². The van der Waals surface area contributed by atoms with Crippen molar-refractivity contribution in [2.24, 2.45) is 0 Å². The van der Waals surface area contributed by atoms with Crippen LogP contribution in [0.25, 0.3) is 0 Å². The zero-order valence-corrected chi connectivity index (χ0v) is 16.2. The monoisotopic (exact) mass is 450 g/mol. The van der Waals surface area contributed by atoms with E-state index < -0.39 is 36.6 Å². The molecule has 8 nitrogen and oxygen atoms in total. The van der Waals surface area contributed by atoms with Gasteiger partial charge in [-0.25, -0.2) is 13.4 Å². The summed E-state index contributed by atoms with van der Waals surface area (Å²) in [5.74, 6) is 0.443. The summed E-state index contributed by atoms with van der Waals surface area (Å²) in [7, 11) is -4.15. The van der Waals surface area contributed by atoms with Crippen LogP contribution in [0, 0.1) is 10.1 Å². The van der Waals surface area contributed by atoms with Crippen LogP contribution in [0.5, 0.6) is 0 Å². The van der Waals surface area contributed by atoms with E-state index in [0.29, 0.717) is 11.9 Å². The minimum Gasteiger partial charge on any atom is -0.354 e. The highest BCUT2D eigenvalue weighted by atomic mass is 35.5. The molecule has 1 saturated heterocycles. The van der Waals surface area contributed by atoms with Gasteiger partial charge in [0.15, 0.2) is 0 Å². The van der Waals surface area contributed by atoms with E-state index in [-0.39, 0.29) is 31.9 Å². The van der Waals surface area contributed by atoms with Gasteiger partial charge in [-0.2, -0.15) is 17.5 Å². The molecule has 156 valence electrons. The molecule has 1 aliphatic rings. The van der Waals surface area contributed by atoms with Crippen LogP contribution in [-0.4, -0.2) is 48.8 Å². The lowest BCUT2D eigenvalue weighted by atomic mass is 10.2. The van der Waals surface area contributed by atoms with Gasteiger partial charge in [0.1, 0.15) is 12.0 Å². The SMILES string of the molecule is O=[N+]([O-])c1ccc(N2CCN(S(=O)(=O)c3ccc(Cl)c(C(F)(F)F)c3)CC2)nc1. The largest absolute Gasteiger partial charge is 0.417 e. The Morgan fingerprint density at radius 3 is 2.28 bits per heavy atom. The van der Waals surface area contributed by atoms with Crippen LogP contribution in [0.15, 0.2) is 41.4 Å². The fourth-order valence-corrected chi connectivity index (χ4v) is 4.54. The third kappa shape index (κ3) is 4.43. The average Bonchev–Trinajstić information content (AvgIpc) is 2.67. The molecule has 0 atom stereocenters. The predicted octanol–water partition coefficient (Wildman–Crippen LogP) is 3.17. The van der Waals surface area contributed by atoms with Gasteiger partial charge < -0.3 is 4.90 Å². The molecule has 0 N–H and O–H groups in total. The first-order valence-corrected chi connectivity index (χ1v) is 10.0. The van der Waals surface area contributed by atoms with Gasteiger partial charge in [-0.1, -0.05) is 11.6 Å². The Balaban J connectivity index is 1.75. The second-order valence-corrected chi connectivity index (χ2v) is 8.51. The highest BCUT2D eigenvalue weighted by Crippen LogP contribution is 2.36. The third-order valence-electron chi connectivity index (χ3n) is 4.39. The number of nitro groups is 1. The summed E-state index contributed by atoms with van der Waals surface area (Å²) < 4.78 is 65.7. The number of pyridine rings is 1. The number of rotatable bonds is 4. The van der Waals surface area contributed by atoms with Crippen LogP contribution >= 0.6 is 11.6 Å². The van der Waals surface area contributed by atoms with Crippen molar-refractivity contribution in [3.8, 4) is 0 Å². The summed E-state index contributed by atoms with van der Waals surface area (Å²) >= 11 is 5.55. The van der Waals surface area contributed by atoms with Crippen molar-refractivity contribution in [2.45, 2.75) is 11.1 Å². The number of halogens is 4. The second-order valence-electron chi connectivity index (χ2n) is 6.16. The minimum absolute atomic E-state index is 0.0188. The molecule has 1 aromatic carbocycles. The van der Waals surface area contributed by atoms with Gasteiger partial charge in [0, 0.05) is 32.2 Å². The molecule has 0 bridgehead atoms. The van der Waals surface area contributed by atoms with Crippen LogP contribution in [0.2, 0.25) is 5.02 Å². The quantitative estimate of drug-likeness (QED) is 0.524. The summed E-state index contributed by atoms with van der Waals surface area (Å²) in [6.45, 7) is 0.490. The summed E-state index contributed by atoms with van der Waals surface area (Å²) in [5.41, 5.74) is -1.38. The van der Waals surface area contributed by atoms with Gasteiger partial charge in [0.25, 0.3) is 5.69 Å². The van der Waals surface area contributed by atoms with E-state index in [1.807, 2.05) is 0 Å². The maximum absolute atomic E-state index is 13.0. The van der Waals surface area contributed by atoms with Gasteiger partial charge >= 0.3 is 6.18 Å². The number of anilines is 1. The minimum atomic E-state index is -4.77. The molecule has 2 aromatic rings. The van der Waals surface area contributed by atoms with Crippen LogP contribution in [0.4, 0.5) is 24.7 Å². The average molecular weight is 451 g/mol. The smallest absolute Gasteiger partial charge is 0.354 e. The lowest BCUT2D eigenvalue weighted by Crippen LogP contribution is -2.48. The lowest BCUT2D eigenvalue weighted by molar-refractivity contribution is -0.385. The van der Waals surface area contributed by atoms with Crippen molar-refractivity contribution >= 4 is 33.1 Å². The van der Waals surface area contributed by atoms with Crippen LogP contribution < -0.4 is 4.90 Å². The number of benzene rings is 1. The van der Waals surface area contributed by atoms with Gasteiger partial charge in [-0.3, -0.25) is 10.1 Å². The molecule has 13 heteroatoms. The molecule has 1 fully saturated rings. The number of hydrogen-bond donors (Lipinski definition) is 0. The second kappa shape index (κ2) is 7.76. The van der Waals surface area contributed by atoms with Gasteiger partial charge in [0.2, 0.25) is 10.0 Å². The normalized spacial score (nSPS) is 16.1. The number of alkyl halides is 3. The molecule has 0 unspecified atom stereocenters. The summed E-state index contributed by atoms with van der Waals surface area (Å²) in [5, 5.41) is 10.1. The first-order valence-electron chi connectivity index (χ1n) is 8.22. The Bertz CT molecular complexity index is 1020. The lowest BCUT2D eigenvalue weighted by Gasteiger charge is -2.34. The molecule has 2 heterocycles. The van der Waals surface area contributed by atoms with Crippen molar-refractivity contribution in [2.75, 3.05) is 31.1 Å². The van der Waals surface area contributed by atoms with E-state index >= 15 is 0 Å². The van der Waals surface area contributed by atoms with E-state index in [0.717, 1.165) is 22.6 Å². The predicted molar refractivity (Wildman–Crippen MR) is 98.3 cm³/mol. The number of hydrogen-bond acceptors (Lipinski definition) is 6. The number of sulfonamides is 1. The van der Waals surface area contributed by atoms with Crippen molar-refractivity contribution in [1.29, 1.82) is 0 Å². The van der Waals surface area contributed by atoms with Crippen LogP contribution in [-0.2, 0) is 16.2 Å². The Hall–Kier alpha value is -2.44. The first-order chi connectivity index (χ1) is 13.5. The Morgan fingerprint density at radius 1 is 1.10 bits per heavy atom. The van der Waals surface area contributed by atoms with Crippen molar-refractivity contribution in [1.82, 2.24) is 9.29 Å². The fourth-order valence-electron chi connectivity index (χ4n) is 2.86. The molecule has 0 spiro atoms. The van der Waals surface area contributed by atoms with Gasteiger partial charge in [0.05, 0.1) is 20.4 Å². The van der Waals surface area contributed by atoms with E-state index in [2.05, 4.69) is 4.98 Å². The summed E-state index contributed by atoms with van der Waals surface area (Å²) in [6.07, 6.45) is -3.67. The molecule has 0 amide bonds. The molecule has 0 aliphatic carbocycles. The van der Waals surface area contributed by atoms with Crippen LogP contribution in [0.3, 0.4) is 0 Å². The molecule has 29 heavy (non-hydrogen) atoms. The summed E-state index contributed by atoms with van der Waals surface area (Å²) in [4.78, 5) is 15.3. The highest BCUT2D eigenvalue weighted by Gasteiger charge is 2.36. The number of aromatic nitrogens is 1. The molecule has 3 rings (SSSR count). The van der Waals surface area contributed by atoms with E-state index in [1.54, 1.807) is 4.90 Å². The molecule has 1 aliphatic heterocycles. The molecular formula is C16H14ClF3N4O4S. The van der Waals surface area contributed by atoms with Crippen molar-refractivity contribution < 1.29 is 26.5 Å². The van der Waals surface area contributed by atoms with E-state index in [9.17, 15) is 31.7 Å². The zero-order valence-electron chi connectivity index (χ0n) is 14.6. The highest BCUT2D eigenvalue weighted by molar-refractivity contribution is 7.89. The van der Waals surface area contributed by atoms with Crippen molar-refractivity contribution in [3.63, 3.8) is 0 Å². The number of nitrogens with zero attached hydrogens (tertiary/aromatic N) is 4. The van der Waals surface area contributed by atoms with Crippen molar-refractivity contribution in [3.05, 3.63) is 57.2 Å².